The molecule has 0 radical (unpaired) electrons. The van der Waals surface area contributed by atoms with Crippen LogP contribution in [0.4, 0.5) is 0 Å². The van der Waals surface area contributed by atoms with Gasteiger partial charge in [-0.05, 0) is 62.6 Å². The van der Waals surface area contributed by atoms with Gasteiger partial charge in [0.15, 0.2) is 0 Å². The molecule has 1 saturated heterocycles. The SMILES string of the molecule is COc1ccc(/C(O)=C2\C(=O)C(=O)N(CCOC(C)C)C2c2ccccc2C)c(C)c1. The number of amides is 1. The second-order valence-electron chi connectivity index (χ2n) is 7.95. The highest BCUT2D eigenvalue weighted by Crippen LogP contribution is 2.41. The van der Waals surface area contributed by atoms with Crippen molar-refractivity contribution in [3.8, 4) is 5.75 Å². The van der Waals surface area contributed by atoms with E-state index in [9.17, 15) is 14.7 Å². The summed E-state index contributed by atoms with van der Waals surface area (Å²) in [6, 6.07) is 12.1. The van der Waals surface area contributed by atoms with E-state index in [2.05, 4.69) is 0 Å². The van der Waals surface area contributed by atoms with Crippen molar-refractivity contribution in [3.63, 3.8) is 0 Å². The third-order valence-corrected chi connectivity index (χ3v) is 5.50. The molecule has 1 aliphatic heterocycles. The Labute approximate surface area is 183 Å². The quantitative estimate of drug-likeness (QED) is 0.411. The second-order valence-corrected chi connectivity index (χ2v) is 7.95. The minimum atomic E-state index is -0.689. The van der Waals surface area contributed by atoms with E-state index in [1.165, 1.54) is 4.90 Å². The highest BCUT2D eigenvalue weighted by molar-refractivity contribution is 6.46. The Morgan fingerprint density at radius 1 is 1.10 bits per heavy atom. The van der Waals surface area contributed by atoms with Gasteiger partial charge in [-0.3, -0.25) is 9.59 Å². The summed E-state index contributed by atoms with van der Waals surface area (Å²) in [5.74, 6) is -0.853. The van der Waals surface area contributed by atoms with Gasteiger partial charge in [0.1, 0.15) is 11.5 Å². The number of rotatable bonds is 7. The number of aryl methyl sites for hydroxylation is 2. The topological polar surface area (TPSA) is 76.1 Å². The van der Waals surface area contributed by atoms with Crippen molar-refractivity contribution in [3.05, 3.63) is 70.3 Å². The van der Waals surface area contributed by atoms with Gasteiger partial charge in [0.2, 0.25) is 0 Å². The Hall–Kier alpha value is -3.12. The first kappa shape index (κ1) is 22.6. The van der Waals surface area contributed by atoms with Crippen molar-refractivity contribution < 1.29 is 24.2 Å². The maximum Gasteiger partial charge on any atom is 0.295 e. The molecule has 1 aliphatic rings. The highest BCUT2D eigenvalue weighted by Gasteiger charge is 2.46. The number of Topliss-reactive ketones (excluding diaryl/α,β-unsaturated/α-hetero) is 1. The Bertz CT molecular complexity index is 1020. The van der Waals surface area contributed by atoms with Crippen LogP contribution in [0, 0.1) is 13.8 Å². The summed E-state index contributed by atoms with van der Waals surface area (Å²) in [7, 11) is 1.57. The minimum absolute atomic E-state index is 0.00989. The van der Waals surface area contributed by atoms with E-state index in [4.69, 9.17) is 9.47 Å². The largest absolute Gasteiger partial charge is 0.507 e. The normalized spacial score (nSPS) is 18.1. The fraction of sp³-hybridized carbons (Fsp3) is 0.360. The fourth-order valence-corrected chi connectivity index (χ4v) is 3.89. The first-order chi connectivity index (χ1) is 14.8. The van der Waals surface area contributed by atoms with Gasteiger partial charge in [0.05, 0.1) is 31.4 Å². The van der Waals surface area contributed by atoms with Crippen molar-refractivity contribution in [1.82, 2.24) is 4.90 Å². The van der Waals surface area contributed by atoms with Gasteiger partial charge in [-0.15, -0.1) is 0 Å². The molecule has 1 N–H and O–H groups in total. The number of hydrogen-bond donors (Lipinski definition) is 1. The number of methoxy groups -OCH3 is 1. The standard InChI is InChI=1S/C25H29NO5/c1-15(2)31-13-12-26-22(19-9-7-6-8-16(19)3)21(24(28)25(26)29)23(27)20-11-10-18(30-5)14-17(20)4/h6-11,14-15,22,27H,12-13H2,1-5H3/b23-21+. The summed E-state index contributed by atoms with van der Waals surface area (Å²) < 4.78 is 10.9. The number of nitrogens with zero attached hydrogens (tertiary/aromatic N) is 1. The summed E-state index contributed by atoms with van der Waals surface area (Å²) >= 11 is 0. The van der Waals surface area contributed by atoms with E-state index in [1.807, 2.05) is 52.0 Å². The van der Waals surface area contributed by atoms with E-state index < -0.39 is 17.7 Å². The molecule has 0 spiro atoms. The number of carbonyl (C=O) groups excluding carboxylic acids is 2. The Kier molecular flexibility index (Phi) is 6.81. The van der Waals surface area contributed by atoms with E-state index in [0.717, 1.165) is 16.7 Å². The van der Waals surface area contributed by atoms with Crippen molar-refractivity contribution in [1.29, 1.82) is 0 Å². The van der Waals surface area contributed by atoms with Gasteiger partial charge in [-0.25, -0.2) is 0 Å². The Morgan fingerprint density at radius 3 is 2.42 bits per heavy atom. The molecule has 0 aliphatic carbocycles. The lowest BCUT2D eigenvalue weighted by atomic mass is 9.91. The highest BCUT2D eigenvalue weighted by atomic mass is 16.5. The number of ketones is 1. The lowest BCUT2D eigenvalue weighted by Crippen LogP contribution is -2.33. The molecule has 1 unspecified atom stereocenters. The van der Waals surface area contributed by atoms with Crippen LogP contribution in [0.1, 0.15) is 42.1 Å². The molecule has 0 saturated carbocycles. The number of benzene rings is 2. The first-order valence-corrected chi connectivity index (χ1v) is 10.4. The molecule has 1 atom stereocenters. The summed E-state index contributed by atoms with van der Waals surface area (Å²) in [6.07, 6.45) is 0.00989. The van der Waals surface area contributed by atoms with E-state index in [0.29, 0.717) is 17.9 Å². The molecule has 3 rings (SSSR count). The number of carbonyl (C=O) groups is 2. The Morgan fingerprint density at radius 2 is 1.81 bits per heavy atom. The molecule has 0 aromatic heterocycles. The molecular formula is C25H29NO5. The number of aliphatic hydroxyl groups excluding tert-OH is 1. The van der Waals surface area contributed by atoms with Gasteiger partial charge in [-0.1, -0.05) is 24.3 Å². The minimum Gasteiger partial charge on any atom is -0.507 e. The summed E-state index contributed by atoms with van der Waals surface area (Å²) in [4.78, 5) is 27.5. The van der Waals surface area contributed by atoms with Crippen LogP contribution >= 0.6 is 0 Å². The van der Waals surface area contributed by atoms with E-state index in [-0.39, 0.29) is 24.0 Å². The maximum atomic E-state index is 13.1. The zero-order chi connectivity index (χ0) is 22.7. The van der Waals surface area contributed by atoms with Crippen LogP contribution in [0.3, 0.4) is 0 Å². The van der Waals surface area contributed by atoms with Crippen LogP contribution < -0.4 is 4.74 Å². The molecule has 164 valence electrons. The second kappa shape index (κ2) is 9.35. The summed E-state index contributed by atoms with van der Waals surface area (Å²) in [5, 5.41) is 11.2. The lowest BCUT2D eigenvalue weighted by Gasteiger charge is -2.27. The van der Waals surface area contributed by atoms with Crippen LogP contribution in [0.25, 0.3) is 5.76 Å². The molecule has 31 heavy (non-hydrogen) atoms. The van der Waals surface area contributed by atoms with Crippen LogP contribution in [0.15, 0.2) is 48.0 Å². The van der Waals surface area contributed by atoms with Crippen LogP contribution in [-0.2, 0) is 14.3 Å². The smallest absolute Gasteiger partial charge is 0.295 e. The van der Waals surface area contributed by atoms with E-state index in [1.54, 1.807) is 25.3 Å². The monoisotopic (exact) mass is 423 g/mol. The third kappa shape index (κ3) is 4.49. The molecule has 1 fully saturated rings. The van der Waals surface area contributed by atoms with Gasteiger partial charge >= 0.3 is 0 Å². The first-order valence-electron chi connectivity index (χ1n) is 10.4. The molecule has 6 heteroatoms. The number of hydrogen-bond acceptors (Lipinski definition) is 5. The zero-order valence-corrected chi connectivity index (χ0v) is 18.6. The van der Waals surface area contributed by atoms with Crippen LogP contribution in [-0.4, -0.2) is 48.1 Å². The average molecular weight is 424 g/mol. The van der Waals surface area contributed by atoms with Gasteiger partial charge in [0, 0.05) is 12.1 Å². The van der Waals surface area contributed by atoms with Crippen LogP contribution in [0.2, 0.25) is 0 Å². The molecule has 1 heterocycles. The molecular weight excluding hydrogens is 394 g/mol. The van der Waals surface area contributed by atoms with Crippen LogP contribution in [0.5, 0.6) is 5.75 Å². The predicted octanol–water partition coefficient (Wildman–Crippen LogP) is 4.16. The Balaban J connectivity index is 2.14. The van der Waals surface area contributed by atoms with Gasteiger partial charge < -0.3 is 19.5 Å². The van der Waals surface area contributed by atoms with Gasteiger partial charge in [0.25, 0.3) is 11.7 Å². The third-order valence-electron chi connectivity index (χ3n) is 5.50. The summed E-state index contributed by atoms with van der Waals surface area (Å²) in [6.45, 7) is 8.14. The maximum absolute atomic E-state index is 13.1. The number of aliphatic hydroxyl groups is 1. The van der Waals surface area contributed by atoms with Gasteiger partial charge in [-0.2, -0.15) is 0 Å². The molecule has 0 bridgehead atoms. The predicted molar refractivity (Wildman–Crippen MR) is 119 cm³/mol. The molecule has 2 aromatic rings. The molecule has 6 nitrogen and oxygen atoms in total. The summed E-state index contributed by atoms with van der Waals surface area (Å²) in [5.41, 5.74) is 3.07. The zero-order valence-electron chi connectivity index (χ0n) is 18.6. The average Bonchev–Trinajstić information content (AvgIpc) is 2.98. The lowest BCUT2D eigenvalue weighted by molar-refractivity contribution is -0.140. The molecule has 1 amide bonds. The molecule has 2 aromatic carbocycles. The number of ether oxygens (including phenoxy) is 2. The van der Waals surface area contributed by atoms with Crippen molar-refractivity contribution in [2.45, 2.75) is 39.8 Å². The number of likely N-dealkylation sites (tertiary alicyclic amines) is 1. The van der Waals surface area contributed by atoms with E-state index >= 15 is 0 Å². The van der Waals surface area contributed by atoms with Crippen molar-refractivity contribution in [2.75, 3.05) is 20.3 Å². The van der Waals surface area contributed by atoms with Crippen molar-refractivity contribution >= 4 is 17.4 Å². The van der Waals surface area contributed by atoms with Crippen molar-refractivity contribution in [2.24, 2.45) is 0 Å². The fourth-order valence-electron chi connectivity index (χ4n) is 3.89.